The fourth-order valence-corrected chi connectivity index (χ4v) is 19.9. The summed E-state index contributed by atoms with van der Waals surface area (Å²) >= 11 is 0. The summed E-state index contributed by atoms with van der Waals surface area (Å²) in [5.74, 6) is 0. The number of hydrogen-bond acceptors (Lipinski definition) is 10. The Balaban J connectivity index is 7.54. The Morgan fingerprint density at radius 2 is 0.912 bits per heavy atom. The van der Waals surface area contributed by atoms with Gasteiger partial charge in [-0.05, 0) is 0 Å². The Labute approximate surface area is 202 Å². The van der Waals surface area contributed by atoms with Crippen LogP contribution in [0.25, 0.3) is 0 Å². The second-order valence-electron chi connectivity index (χ2n) is 8.25. The summed E-state index contributed by atoms with van der Waals surface area (Å²) in [5, 5.41) is 0. The molecule has 0 fully saturated rings. The first-order chi connectivity index (χ1) is 14.8. The zero-order valence-corrected chi connectivity index (χ0v) is 26.1. The topological polar surface area (TPSA) is 192 Å². The van der Waals surface area contributed by atoms with Crippen LogP contribution in [-0.2, 0) is 26.6 Å². The Hall–Kier alpha value is 0.830. The van der Waals surface area contributed by atoms with Gasteiger partial charge in [0.1, 0.15) is 0 Å². The molecule has 0 radical (unpaired) electrons. The zero-order valence-electron chi connectivity index (χ0n) is 21.6. The predicted molar refractivity (Wildman–Crippen MR) is 133 cm³/mol. The summed E-state index contributed by atoms with van der Waals surface area (Å²) in [6, 6.07) is 0. The quantitative estimate of drug-likeness (QED) is 0.224. The van der Waals surface area contributed by atoms with E-state index in [1.165, 1.54) is 14.0 Å². The van der Waals surface area contributed by atoms with Crippen molar-refractivity contribution in [1.82, 2.24) is 28.0 Å². The Morgan fingerprint density at radius 1 is 0.588 bits per heavy atom. The molecular weight excluding hydrogens is 557 g/mol. The van der Waals surface area contributed by atoms with Crippen LogP contribution in [0.5, 0.6) is 0 Å². The molecule has 34 heavy (non-hydrogen) atoms. The van der Waals surface area contributed by atoms with Crippen LogP contribution >= 0.6 is 38.4 Å². The van der Waals surface area contributed by atoms with Gasteiger partial charge in [0.2, 0.25) is 0 Å². The maximum atomic E-state index is 13.2. The number of nitrogens with zero attached hydrogens (tertiary/aromatic N) is 7. The summed E-state index contributed by atoms with van der Waals surface area (Å²) in [4.78, 5) is 38.0. The van der Waals surface area contributed by atoms with Crippen LogP contribution in [0, 0.1) is 0 Å². The third-order valence-corrected chi connectivity index (χ3v) is 19.6. The third-order valence-electron chi connectivity index (χ3n) is 4.65. The molecular formula is C12H40N7O10P5. The first-order valence-corrected chi connectivity index (χ1v) is 17.5. The molecule has 0 aromatic heterocycles. The van der Waals surface area contributed by atoms with E-state index in [0.717, 1.165) is 0 Å². The number of hydrogen-bond donors (Lipinski definition) is 4. The number of rotatable bonds is 13. The number of phosphoric acid groups is 3. The fraction of sp³-hybridized carbons (Fsp3) is 1.00. The van der Waals surface area contributed by atoms with Crippen LogP contribution < -0.4 is 0 Å². The molecule has 0 aliphatic rings. The molecule has 4 N–H and O–H groups in total. The molecule has 2 atom stereocenters. The van der Waals surface area contributed by atoms with Gasteiger partial charge in [-0.25, -0.2) is 0 Å². The molecule has 0 saturated carbocycles. The Bertz CT molecular complexity index is 868. The first-order valence-electron chi connectivity index (χ1n) is 9.41. The molecule has 2 unspecified atom stereocenters. The van der Waals surface area contributed by atoms with Crippen molar-refractivity contribution < 1.29 is 46.2 Å². The van der Waals surface area contributed by atoms with E-state index in [1.807, 2.05) is 14.0 Å². The summed E-state index contributed by atoms with van der Waals surface area (Å²) in [6.07, 6.45) is 0. The molecule has 0 bridgehead atoms. The molecule has 0 heterocycles. The van der Waals surface area contributed by atoms with Gasteiger partial charge in [0.15, 0.2) is 0 Å². The van der Waals surface area contributed by atoms with Gasteiger partial charge in [0.25, 0.3) is 0 Å². The minimum atomic E-state index is -5.75. The van der Waals surface area contributed by atoms with Crippen LogP contribution in [-0.4, -0.2) is 132 Å². The van der Waals surface area contributed by atoms with Gasteiger partial charge >= 0.3 is 202 Å². The van der Waals surface area contributed by atoms with Crippen molar-refractivity contribution in [2.45, 2.75) is 0 Å². The average molecular weight is 597 g/mol. The normalized spacial score (nSPS) is 19.1. The van der Waals surface area contributed by atoms with Crippen molar-refractivity contribution in [2.24, 2.45) is 4.52 Å². The minimum absolute atomic E-state index is 1.47. The molecule has 17 nitrogen and oxygen atoms in total. The van der Waals surface area contributed by atoms with Gasteiger partial charge in [-0.2, -0.15) is 0 Å². The van der Waals surface area contributed by atoms with Crippen molar-refractivity contribution in [3.63, 3.8) is 0 Å². The predicted octanol–water partition coefficient (Wildman–Crippen LogP) is 1.77. The molecule has 22 heteroatoms. The van der Waals surface area contributed by atoms with Crippen molar-refractivity contribution in [1.29, 1.82) is 0 Å². The van der Waals surface area contributed by atoms with E-state index in [4.69, 9.17) is 18.6 Å². The second kappa shape index (κ2) is 11.3. The van der Waals surface area contributed by atoms with Gasteiger partial charge in [-0.1, -0.05) is 0 Å². The van der Waals surface area contributed by atoms with E-state index in [-0.39, 0.29) is 0 Å². The van der Waals surface area contributed by atoms with Crippen molar-refractivity contribution >= 4 is 38.4 Å². The Kier molecular flexibility index (Phi) is 11.6. The van der Waals surface area contributed by atoms with Crippen molar-refractivity contribution in [3.05, 3.63) is 0 Å². The van der Waals surface area contributed by atoms with Crippen LogP contribution in [0.1, 0.15) is 0 Å². The molecule has 0 aliphatic heterocycles. The summed E-state index contributed by atoms with van der Waals surface area (Å²) in [7, 11) is -4.68. The molecule has 0 spiro atoms. The van der Waals surface area contributed by atoms with Crippen molar-refractivity contribution in [2.75, 3.05) is 84.6 Å². The maximum absolute atomic E-state index is 13.2. The van der Waals surface area contributed by atoms with E-state index in [0.29, 0.717) is 0 Å². The fourth-order valence-electron chi connectivity index (χ4n) is 3.55. The molecule has 0 aliphatic carbocycles. The van der Waals surface area contributed by atoms with Gasteiger partial charge in [0.05, 0.1) is 0 Å². The SMILES string of the molecule is CN(C)P(=NP(OP(=O)(O)OP(=O)(O)OP(=O)(O)O)(N(C)C)(N(C)C)N(C)C)(N(C)C)N(C)C. The molecule has 0 aromatic rings. The van der Waals surface area contributed by atoms with Crippen molar-refractivity contribution in [3.8, 4) is 0 Å². The standard InChI is InChI=1S/C12H40N7O10P5/c1-14(2)30(15(3)4,16(5)6)13-34(17(7)8,18(9)10,19(11)12)29-33(25,26)28-32(23,24)27-31(20,21)22/h1-12H3,(H,23,24)(H,25,26)(H2,20,21,22). The molecule has 0 saturated heterocycles. The molecule has 0 rings (SSSR count). The summed E-state index contributed by atoms with van der Waals surface area (Å²) < 4.78 is 65.0. The average Bonchev–Trinajstić information content (AvgIpc) is 2.53. The molecule has 0 amide bonds. The first kappa shape index (κ1) is 34.8. The van der Waals surface area contributed by atoms with E-state index < -0.39 is 38.4 Å². The van der Waals surface area contributed by atoms with E-state index in [1.54, 1.807) is 84.6 Å². The monoisotopic (exact) mass is 597 g/mol. The van der Waals surface area contributed by atoms with E-state index in [2.05, 4.69) is 8.62 Å². The van der Waals surface area contributed by atoms with Crippen LogP contribution in [0.15, 0.2) is 4.52 Å². The molecule has 0 aromatic carbocycles. The van der Waals surface area contributed by atoms with Crippen LogP contribution in [0.3, 0.4) is 0 Å². The summed E-state index contributed by atoms with van der Waals surface area (Å²) in [5.41, 5.74) is 0. The molecule has 208 valence electrons. The van der Waals surface area contributed by atoms with Crippen LogP contribution in [0.4, 0.5) is 0 Å². The van der Waals surface area contributed by atoms with Gasteiger partial charge in [-0.15, -0.1) is 0 Å². The van der Waals surface area contributed by atoms with Gasteiger partial charge in [0, 0.05) is 0 Å². The Morgan fingerprint density at radius 3 is 1.15 bits per heavy atom. The zero-order chi connectivity index (χ0) is 27.7. The third kappa shape index (κ3) is 7.02. The van der Waals surface area contributed by atoms with E-state index in [9.17, 15) is 23.5 Å². The van der Waals surface area contributed by atoms with E-state index >= 15 is 0 Å². The summed E-state index contributed by atoms with van der Waals surface area (Å²) in [6.45, 7) is 0. The van der Waals surface area contributed by atoms with Crippen LogP contribution in [0.2, 0.25) is 0 Å². The van der Waals surface area contributed by atoms with Gasteiger partial charge < -0.3 is 0 Å². The second-order valence-corrected chi connectivity index (χ2v) is 21.4. The van der Waals surface area contributed by atoms with Gasteiger partial charge in [-0.3, -0.25) is 0 Å².